The Morgan fingerprint density at radius 2 is 2.10 bits per heavy atom. The summed E-state index contributed by atoms with van der Waals surface area (Å²) in [7, 11) is 0. The number of aryl methyl sites for hydroxylation is 2. The molecule has 0 aromatic heterocycles. The average Bonchev–Trinajstić information content (AvgIpc) is 3.10. The lowest BCUT2D eigenvalue weighted by atomic mass is 9.81. The van der Waals surface area contributed by atoms with E-state index < -0.39 is 0 Å². The Labute approximate surface area is 129 Å². The van der Waals surface area contributed by atoms with Gasteiger partial charge in [-0.15, -0.1) is 0 Å². The van der Waals surface area contributed by atoms with E-state index in [9.17, 15) is 0 Å². The summed E-state index contributed by atoms with van der Waals surface area (Å²) >= 11 is 0. The predicted octanol–water partition coefficient (Wildman–Crippen LogP) is 3.78. The Kier molecular flexibility index (Phi) is 4.66. The molecule has 0 spiro atoms. The summed E-state index contributed by atoms with van der Waals surface area (Å²) in [6.07, 6.45) is 7.21. The van der Waals surface area contributed by atoms with E-state index in [-0.39, 0.29) is 0 Å². The molecular weight excluding hydrogens is 258 g/mol. The van der Waals surface area contributed by atoms with Crippen molar-refractivity contribution in [2.75, 3.05) is 6.54 Å². The molecule has 2 aliphatic rings. The summed E-state index contributed by atoms with van der Waals surface area (Å²) in [5.74, 6) is 0.705. The van der Waals surface area contributed by atoms with E-state index in [1.165, 1.54) is 42.4 Å². The summed E-state index contributed by atoms with van der Waals surface area (Å²) in [6.45, 7) is 7.77. The molecule has 0 amide bonds. The van der Waals surface area contributed by atoms with Crippen molar-refractivity contribution in [3.8, 4) is 0 Å². The normalized spacial score (nSPS) is 29.0. The number of hydrogen-bond donors (Lipinski definition) is 1. The van der Waals surface area contributed by atoms with Crippen molar-refractivity contribution in [2.24, 2.45) is 5.92 Å². The summed E-state index contributed by atoms with van der Waals surface area (Å²) in [5.41, 5.74) is 4.26. The molecule has 1 aromatic rings. The lowest BCUT2D eigenvalue weighted by Gasteiger charge is -2.29. The molecule has 0 radical (unpaired) electrons. The molecule has 2 aliphatic heterocycles. The van der Waals surface area contributed by atoms with Gasteiger partial charge in [-0.3, -0.25) is 0 Å². The highest BCUT2D eigenvalue weighted by atomic mass is 16.5. The van der Waals surface area contributed by atoms with Gasteiger partial charge in [0.15, 0.2) is 0 Å². The van der Waals surface area contributed by atoms with E-state index in [4.69, 9.17) is 4.74 Å². The van der Waals surface area contributed by atoms with Crippen LogP contribution in [0.15, 0.2) is 18.2 Å². The predicted molar refractivity (Wildman–Crippen MR) is 87.7 cm³/mol. The van der Waals surface area contributed by atoms with E-state index in [2.05, 4.69) is 44.3 Å². The van der Waals surface area contributed by atoms with Crippen molar-refractivity contribution in [1.29, 1.82) is 0 Å². The SMILES string of the molecule is CCCNC(Cc1ccc(C)c(C)c1)C1CC2CCC1O2. The number of hydrogen-bond acceptors (Lipinski definition) is 2. The van der Waals surface area contributed by atoms with Gasteiger partial charge in [-0.1, -0.05) is 25.1 Å². The van der Waals surface area contributed by atoms with E-state index in [0.29, 0.717) is 24.2 Å². The highest BCUT2D eigenvalue weighted by Crippen LogP contribution is 2.41. The molecule has 2 heterocycles. The quantitative estimate of drug-likeness (QED) is 0.859. The van der Waals surface area contributed by atoms with Gasteiger partial charge in [-0.2, -0.15) is 0 Å². The molecule has 4 atom stereocenters. The van der Waals surface area contributed by atoms with E-state index in [1.807, 2.05) is 0 Å². The van der Waals surface area contributed by atoms with E-state index in [0.717, 1.165) is 13.0 Å². The van der Waals surface area contributed by atoms with Crippen LogP contribution in [0.25, 0.3) is 0 Å². The molecule has 0 aliphatic carbocycles. The van der Waals surface area contributed by atoms with Crippen LogP contribution < -0.4 is 5.32 Å². The van der Waals surface area contributed by atoms with E-state index in [1.54, 1.807) is 0 Å². The van der Waals surface area contributed by atoms with Crippen LogP contribution in [0.1, 0.15) is 49.3 Å². The van der Waals surface area contributed by atoms with Crippen molar-refractivity contribution in [3.63, 3.8) is 0 Å². The topological polar surface area (TPSA) is 21.3 Å². The summed E-state index contributed by atoms with van der Waals surface area (Å²) in [4.78, 5) is 0. The maximum atomic E-state index is 6.09. The lowest BCUT2D eigenvalue weighted by molar-refractivity contribution is 0.0857. The molecule has 2 saturated heterocycles. The number of fused-ring (bicyclic) bond motifs is 2. The van der Waals surface area contributed by atoms with Gasteiger partial charge < -0.3 is 10.1 Å². The van der Waals surface area contributed by atoms with Gasteiger partial charge >= 0.3 is 0 Å². The first kappa shape index (κ1) is 15.1. The van der Waals surface area contributed by atoms with Gasteiger partial charge in [0.2, 0.25) is 0 Å². The highest BCUT2D eigenvalue weighted by molar-refractivity contribution is 5.30. The number of rotatable bonds is 6. The number of benzene rings is 1. The smallest absolute Gasteiger partial charge is 0.0623 e. The van der Waals surface area contributed by atoms with Gasteiger partial charge in [0.25, 0.3) is 0 Å². The fourth-order valence-corrected chi connectivity index (χ4v) is 3.99. The van der Waals surface area contributed by atoms with Crippen molar-refractivity contribution < 1.29 is 4.74 Å². The summed E-state index contributed by atoms with van der Waals surface area (Å²) in [6, 6.07) is 7.50. The molecule has 0 saturated carbocycles. The standard InChI is InChI=1S/C19H29NO/c1-4-9-20-18(17-12-16-7-8-19(17)21-16)11-15-6-5-13(2)14(3)10-15/h5-6,10,16-20H,4,7-9,11-12H2,1-3H3. The van der Waals surface area contributed by atoms with Crippen LogP contribution in [0.4, 0.5) is 0 Å². The Morgan fingerprint density at radius 3 is 2.71 bits per heavy atom. The van der Waals surface area contributed by atoms with Crippen LogP contribution in [0.3, 0.4) is 0 Å². The zero-order valence-electron chi connectivity index (χ0n) is 13.7. The van der Waals surface area contributed by atoms with Gasteiger partial charge in [0.1, 0.15) is 0 Å². The highest BCUT2D eigenvalue weighted by Gasteiger charge is 2.44. The molecule has 2 fully saturated rings. The van der Waals surface area contributed by atoms with Crippen LogP contribution >= 0.6 is 0 Å². The van der Waals surface area contributed by atoms with Crippen molar-refractivity contribution in [3.05, 3.63) is 34.9 Å². The zero-order valence-corrected chi connectivity index (χ0v) is 13.7. The van der Waals surface area contributed by atoms with Crippen molar-refractivity contribution in [1.82, 2.24) is 5.32 Å². The Hall–Kier alpha value is -0.860. The Balaban J connectivity index is 1.71. The Bertz CT molecular complexity index is 484. The molecule has 1 aromatic carbocycles. The monoisotopic (exact) mass is 287 g/mol. The third kappa shape index (κ3) is 3.32. The molecule has 3 rings (SSSR count). The fraction of sp³-hybridized carbons (Fsp3) is 0.684. The second-order valence-electron chi connectivity index (χ2n) is 6.96. The molecule has 2 heteroatoms. The second kappa shape index (κ2) is 6.50. The molecule has 1 N–H and O–H groups in total. The van der Waals surface area contributed by atoms with Crippen LogP contribution in [0.2, 0.25) is 0 Å². The third-order valence-corrected chi connectivity index (χ3v) is 5.35. The average molecular weight is 287 g/mol. The van der Waals surface area contributed by atoms with Crippen LogP contribution in [0, 0.1) is 19.8 Å². The summed E-state index contributed by atoms with van der Waals surface area (Å²) < 4.78 is 6.09. The molecule has 4 unspecified atom stereocenters. The fourth-order valence-electron chi connectivity index (χ4n) is 3.99. The minimum absolute atomic E-state index is 0.510. The van der Waals surface area contributed by atoms with Gasteiger partial charge in [-0.05, 0) is 69.2 Å². The lowest BCUT2D eigenvalue weighted by Crippen LogP contribution is -2.42. The molecule has 2 bridgehead atoms. The molecule has 2 nitrogen and oxygen atoms in total. The van der Waals surface area contributed by atoms with Gasteiger partial charge in [-0.25, -0.2) is 0 Å². The van der Waals surface area contributed by atoms with Gasteiger partial charge in [0.05, 0.1) is 12.2 Å². The molecule has 116 valence electrons. The first-order valence-electron chi connectivity index (χ1n) is 8.62. The van der Waals surface area contributed by atoms with Crippen LogP contribution in [0.5, 0.6) is 0 Å². The number of nitrogens with one attached hydrogen (secondary N) is 1. The van der Waals surface area contributed by atoms with Crippen molar-refractivity contribution >= 4 is 0 Å². The summed E-state index contributed by atoms with van der Waals surface area (Å²) in [5, 5.41) is 3.80. The largest absolute Gasteiger partial charge is 0.375 e. The van der Waals surface area contributed by atoms with Crippen LogP contribution in [-0.2, 0) is 11.2 Å². The maximum Gasteiger partial charge on any atom is 0.0623 e. The maximum absolute atomic E-state index is 6.09. The van der Waals surface area contributed by atoms with E-state index >= 15 is 0 Å². The first-order valence-corrected chi connectivity index (χ1v) is 8.62. The third-order valence-electron chi connectivity index (χ3n) is 5.35. The van der Waals surface area contributed by atoms with Crippen molar-refractivity contribution in [2.45, 2.75) is 71.1 Å². The second-order valence-corrected chi connectivity index (χ2v) is 6.96. The minimum atomic E-state index is 0.510. The minimum Gasteiger partial charge on any atom is -0.375 e. The molecular formula is C19H29NO. The van der Waals surface area contributed by atoms with Gasteiger partial charge in [0, 0.05) is 12.0 Å². The van der Waals surface area contributed by atoms with Crippen LogP contribution in [-0.4, -0.2) is 24.8 Å². The molecule has 21 heavy (non-hydrogen) atoms. The Morgan fingerprint density at radius 1 is 1.24 bits per heavy atom. The zero-order chi connectivity index (χ0) is 14.8. The number of ether oxygens (including phenoxy) is 1. The first-order chi connectivity index (χ1) is 10.2.